The van der Waals surface area contributed by atoms with Gasteiger partial charge >= 0.3 is 6.16 Å². The maximum absolute atomic E-state index is 13.6. The number of alkyl halides is 2. The van der Waals surface area contributed by atoms with Crippen LogP contribution in [0.3, 0.4) is 0 Å². The second-order valence-electron chi connectivity index (χ2n) is 9.62. The van der Waals surface area contributed by atoms with Crippen molar-refractivity contribution in [3.63, 3.8) is 0 Å². The molecule has 0 radical (unpaired) electrons. The number of ether oxygens (including phenoxy) is 3. The van der Waals surface area contributed by atoms with E-state index in [2.05, 4.69) is 52.0 Å². The van der Waals surface area contributed by atoms with E-state index < -0.39 is 43.8 Å². The smallest absolute Gasteiger partial charge is 0.462 e. The van der Waals surface area contributed by atoms with Gasteiger partial charge in [-0.25, -0.2) is 23.4 Å². The summed E-state index contributed by atoms with van der Waals surface area (Å²) in [7, 11) is 1.12. The maximum atomic E-state index is 13.6. The molecule has 0 aromatic heterocycles. The lowest BCUT2D eigenvalue weighted by atomic mass is 10.0. The Morgan fingerprint density at radius 1 is 1.16 bits per heavy atom. The van der Waals surface area contributed by atoms with E-state index in [9.17, 15) is 27.6 Å². The Labute approximate surface area is 258 Å². The fourth-order valence-corrected chi connectivity index (χ4v) is 5.57. The summed E-state index contributed by atoms with van der Waals surface area (Å²) in [5.74, 6) is -3.02. The number of piperidine rings is 1. The highest BCUT2D eigenvalue weighted by Gasteiger charge is 2.46. The third-order valence-electron chi connectivity index (χ3n) is 6.58. The molecule has 234 valence electrons. The number of rotatable bonds is 5. The van der Waals surface area contributed by atoms with Gasteiger partial charge in [0.05, 0.1) is 7.11 Å². The van der Waals surface area contributed by atoms with Crippen molar-refractivity contribution in [2.24, 2.45) is 0 Å². The molecule has 0 aliphatic carbocycles. The van der Waals surface area contributed by atoms with Crippen molar-refractivity contribution in [3.05, 3.63) is 89.2 Å². The number of allylic oxidation sites excluding steroid dienone is 1. The molecule has 44 heavy (non-hydrogen) atoms. The van der Waals surface area contributed by atoms with Crippen molar-refractivity contribution in [3.8, 4) is 12.8 Å². The van der Waals surface area contributed by atoms with Gasteiger partial charge in [-0.1, -0.05) is 24.3 Å². The van der Waals surface area contributed by atoms with E-state index in [4.69, 9.17) is 4.74 Å². The number of carbonyl (C=O) groups is 3. The van der Waals surface area contributed by atoms with Gasteiger partial charge in [-0.05, 0) is 54.3 Å². The van der Waals surface area contributed by atoms with Crippen molar-refractivity contribution in [2.45, 2.75) is 48.9 Å². The Morgan fingerprint density at radius 2 is 1.91 bits per heavy atom. The number of hydrogen-bond donors (Lipinski definition) is 1. The number of halogens is 3. The predicted molar refractivity (Wildman–Crippen MR) is 157 cm³/mol. The fourth-order valence-electron chi connectivity index (χ4n) is 4.49. The number of nitrogens with one attached hydrogen (secondary N) is 1. The van der Waals surface area contributed by atoms with Gasteiger partial charge in [0.2, 0.25) is 6.79 Å². The van der Waals surface area contributed by atoms with E-state index in [0.717, 1.165) is 42.2 Å². The molecule has 2 aromatic rings. The minimum absolute atomic E-state index is 0.0579. The van der Waals surface area contributed by atoms with Crippen molar-refractivity contribution < 1.29 is 41.8 Å². The molecular weight excluding hydrogens is 599 g/mol. The second-order valence-corrected chi connectivity index (χ2v) is 10.6. The predicted octanol–water partition coefficient (Wildman–Crippen LogP) is 5.36. The number of terminal acetylenes is 1. The molecule has 5 rings (SSSR count). The first kappa shape index (κ1) is 34.1. The van der Waals surface area contributed by atoms with Crippen molar-refractivity contribution >= 4 is 29.6 Å². The zero-order valence-corrected chi connectivity index (χ0v) is 25.0. The summed E-state index contributed by atoms with van der Waals surface area (Å²) in [5.41, 5.74) is 6.41. The Morgan fingerprint density at radius 3 is 2.64 bits per heavy atom. The minimum Gasteiger partial charge on any atom is -0.462 e. The SMILES string of the molecule is C#C.COC(=O)OCO/C=C1\C(=O)N2CCC(F)(F)C[C@H]2NN1/C=C\C(C)=O.Fc1ccc2c(c1)CSc1ccccc1C2. The molecule has 2 aromatic carbocycles. The molecule has 3 aliphatic heterocycles. The van der Waals surface area contributed by atoms with Crippen LogP contribution in [-0.2, 0) is 36.0 Å². The van der Waals surface area contributed by atoms with Gasteiger partial charge in [0, 0.05) is 36.2 Å². The number of fused-ring (bicyclic) bond motifs is 3. The number of methoxy groups -OCH3 is 1. The third kappa shape index (κ3) is 9.29. The molecule has 1 amide bonds. The largest absolute Gasteiger partial charge is 0.510 e. The molecule has 0 saturated carbocycles. The van der Waals surface area contributed by atoms with Gasteiger partial charge in [0.25, 0.3) is 11.8 Å². The summed E-state index contributed by atoms with van der Waals surface area (Å²) in [5, 5.41) is 1.13. The average molecular weight is 632 g/mol. The van der Waals surface area contributed by atoms with Crippen LogP contribution in [0.1, 0.15) is 36.5 Å². The molecule has 2 saturated heterocycles. The Hall–Kier alpha value is -4.41. The molecule has 1 atom stereocenters. The lowest BCUT2D eigenvalue weighted by molar-refractivity contribution is -0.153. The van der Waals surface area contributed by atoms with Crippen LogP contribution >= 0.6 is 11.8 Å². The molecular formula is C31H32F3N3O6S. The number of amides is 1. The van der Waals surface area contributed by atoms with Crippen LogP contribution in [0.25, 0.3) is 0 Å². The summed E-state index contributed by atoms with van der Waals surface area (Å²) >= 11 is 1.79. The lowest BCUT2D eigenvalue weighted by Crippen LogP contribution is -2.64. The summed E-state index contributed by atoms with van der Waals surface area (Å²) in [6, 6.07) is 13.5. The molecule has 0 spiro atoms. The van der Waals surface area contributed by atoms with Gasteiger partial charge in [0.1, 0.15) is 18.2 Å². The summed E-state index contributed by atoms with van der Waals surface area (Å²) in [4.78, 5) is 37.2. The standard InChI is InChI=1S/C15H19F2N3O6.C14H11FS.C2H2/c1-10(21)3-5-20-11(8-25-9-26-14(23)24-2)13(22)19-6-4-15(16,17)7-12(19)18-20;15-13-6-5-10-7-11-3-1-2-4-14(11)16-9-12(10)8-13;1-2/h3,5,8,12,18H,4,6-7,9H2,1-2H3;1-6,8H,7,9H2;1-2H/b5-3-,11-8+;;/t12-;;/m0../s1. The number of hydrazine groups is 1. The zero-order chi connectivity index (χ0) is 32.3. The van der Waals surface area contributed by atoms with Gasteiger partial charge in [-0.2, -0.15) is 0 Å². The van der Waals surface area contributed by atoms with Gasteiger partial charge in [-0.3, -0.25) is 14.6 Å². The molecule has 13 heteroatoms. The molecule has 0 unspecified atom stereocenters. The minimum atomic E-state index is -2.89. The number of carbonyl (C=O) groups excluding carboxylic acids is 3. The van der Waals surface area contributed by atoms with E-state index >= 15 is 0 Å². The van der Waals surface area contributed by atoms with Gasteiger partial charge < -0.3 is 19.1 Å². The highest BCUT2D eigenvalue weighted by Crippen LogP contribution is 2.35. The molecule has 3 heterocycles. The van der Waals surface area contributed by atoms with E-state index in [1.54, 1.807) is 23.9 Å². The topological polar surface area (TPSA) is 97.4 Å². The Bertz CT molecular complexity index is 1430. The van der Waals surface area contributed by atoms with Gasteiger partial charge in [-0.15, -0.1) is 24.6 Å². The van der Waals surface area contributed by atoms with Crippen LogP contribution in [-0.4, -0.2) is 60.3 Å². The van der Waals surface area contributed by atoms with Crippen LogP contribution in [0.15, 0.2) is 71.6 Å². The first-order valence-corrected chi connectivity index (χ1v) is 14.3. The quantitative estimate of drug-likeness (QED) is 0.117. The van der Waals surface area contributed by atoms with E-state index in [1.807, 2.05) is 6.07 Å². The monoisotopic (exact) mass is 631 g/mol. The summed E-state index contributed by atoms with van der Waals surface area (Å²) in [6.07, 6.45) is 9.43. The Kier molecular flexibility index (Phi) is 12.3. The van der Waals surface area contributed by atoms with Crippen LogP contribution in [0, 0.1) is 18.7 Å². The first-order chi connectivity index (χ1) is 21.1. The molecule has 3 aliphatic rings. The number of hydrogen-bond acceptors (Lipinski definition) is 9. The summed E-state index contributed by atoms with van der Waals surface area (Å²) in [6.45, 7) is 0.645. The average Bonchev–Trinajstić information content (AvgIpc) is 3.19. The number of thioether (sulfide) groups is 1. The van der Waals surface area contributed by atoms with Crippen LogP contribution in [0.5, 0.6) is 0 Å². The van der Waals surface area contributed by atoms with Gasteiger partial charge in [0.15, 0.2) is 11.5 Å². The lowest BCUT2D eigenvalue weighted by Gasteiger charge is -2.46. The van der Waals surface area contributed by atoms with E-state index in [1.165, 1.54) is 34.0 Å². The number of nitrogens with zero attached hydrogens (tertiary/aromatic N) is 2. The van der Waals surface area contributed by atoms with E-state index in [0.29, 0.717) is 0 Å². The Balaban J connectivity index is 0.000000249. The van der Waals surface area contributed by atoms with Crippen molar-refractivity contribution in [1.82, 2.24) is 15.3 Å². The van der Waals surface area contributed by atoms with Crippen molar-refractivity contribution in [2.75, 3.05) is 20.4 Å². The van der Waals surface area contributed by atoms with Crippen LogP contribution in [0.4, 0.5) is 18.0 Å². The second kappa shape index (κ2) is 15.9. The fraction of sp³-hybridized carbons (Fsp3) is 0.323. The zero-order valence-electron chi connectivity index (χ0n) is 24.1. The molecule has 1 N–H and O–H groups in total. The number of ketones is 1. The maximum Gasteiger partial charge on any atom is 0.510 e. The molecule has 2 fully saturated rings. The normalized spacial score (nSPS) is 19.1. The number of benzene rings is 2. The summed E-state index contributed by atoms with van der Waals surface area (Å²) < 4.78 is 54.2. The highest BCUT2D eigenvalue weighted by atomic mass is 32.2. The highest BCUT2D eigenvalue weighted by molar-refractivity contribution is 7.98. The first-order valence-electron chi connectivity index (χ1n) is 13.3. The third-order valence-corrected chi connectivity index (χ3v) is 7.75. The van der Waals surface area contributed by atoms with E-state index in [-0.39, 0.29) is 23.8 Å². The molecule has 9 nitrogen and oxygen atoms in total. The van der Waals surface area contributed by atoms with Crippen LogP contribution < -0.4 is 5.43 Å². The molecule has 0 bridgehead atoms. The van der Waals surface area contributed by atoms with Crippen LogP contribution in [0.2, 0.25) is 0 Å². The van der Waals surface area contributed by atoms with Crippen molar-refractivity contribution in [1.29, 1.82) is 0 Å².